The molecular weight excluding hydrogens is 977 g/mol. The Labute approximate surface area is 436 Å². The van der Waals surface area contributed by atoms with Gasteiger partial charge >= 0.3 is 18.2 Å². The molecule has 5 aromatic carbocycles. The van der Waals surface area contributed by atoms with E-state index in [4.69, 9.17) is 39.1 Å². The number of ether oxygens (including phenoxy) is 6. The maximum absolute atomic E-state index is 14.4. The number of primary amides is 1. The number of methoxy groups -OCH3 is 2. The van der Waals surface area contributed by atoms with Crippen molar-refractivity contribution in [3.63, 3.8) is 0 Å². The number of anilines is 1. The standard InChI is InChI=1S/C56H58N8O12/c1-31(2)49(62-55(69)73-29-42-36-13-8-6-11-34(36)35-12-7-9-14-37(35)42)52(66)61-43(15-10-20-58-54(57)68)51(65)60-33-18-16-32(17-19-33)28-74-56(70)63(3)21-22-64-50-40-25-47-48(76-30-75-47)26-44(40)59-27-41(50)38-23-45(71-4)46(72-5)24-39(38)53(64)67/h6-9,11-14,16-19,23-27,31,42-43,49H,10,15,20-22,28-30H2,1-5H3,(H,60,65)(H,61,66)(H,62,69)(H3,57,58,68)/t43-,49-/m0/s1. The summed E-state index contributed by atoms with van der Waals surface area (Å²) in [5.74, 6) is 0.154. The Bertz CT molecular complexity index is 3390. The number of carbonyl (C=O) groups is 5. The van der Waals surface area contributed by atoms with Crippen molar-refractivity contribution in [1.82, 2.24) is 30.4 Å². The fourth-order valence-electron chi connectivity index (χ4n) is 9.66. The highest BCUT2D eigenvalue weighted by molar-refractivity contribution is 6.15. The van der Waals surface area contributed by atoms with Crippen LogP contribution in [0.2, 0.25) is 0 Å². The number of rotatable bonds is 19. The summed E-state index contributed by atoms with van der Waals surface area (Å²) in [7, 11) is 4.58. The van der Waals surface area contributed by atoms with Gasteiger partial charge in [0.25, 0.3) is 5.56 Å². The summed E-state index contributed by atoms with van der Waals surface area (Å²) in [4.78, 5) is 86.3. The molecule has 0 radical (unpaired) electrons. The van der Waals surface area contributed by atoms with E-state index in [2.05, 4.69) is 21.3 Å². The Hall–Kier alpha value is -9.07. The van der Waals surface area contributed by atoms with Gasteiger partial charge in [0, 0.05) is 66.7 Å². The van der Waals surface area contributed by atoms with Crippen molar-refractivity contribution < 1.29 is 52.4 Å². The van der Waals surface area contributed by atoms with E-state index < -0.39 is 48.0 Å². The minimum atomic E-state index is -1.08. The molecule has 6 N–H and O–H groups in total. The lowest BCUT2D eigenvalue weighted by Crippen LogP contribution is -2.54. The molecule has 1 aliphatic carbocycles. The Morgan fingerprint density at radius 2 is 1.46 bits per heavy atom. The number of benzene rings is 5. The summed E-state index contributed by atoms with van der Waals surface area (Å²) < 4.78 is 35.4. The van der Waals surface area contributed by atoms with E-state index in [0.717, 1.165) is 22.3 Å². The Morgan fingerprint density at radius 3 is 2.12 bits per heavy atom. The van der Waals surface area contributed by atoms with E-state index in [1.807, 2.05) is 48.5 Å². The van der Waals surface area contributed by atoms with E-state index in [1.54, 1.807) is 80.2 Å². The van der Waals surface area contributed by atoms with E-state index >= 15 is 0 Å². The van der Waals surface area contributed by atoms with Crippen molar-refractivity contribution in [2.24, 2.45) is 11.7 Å². The number of fused-ring (bicyclic) bond motifs is 9. The van der Waals surface area contributed by atoms with Crippen LogP contribution in [0.15, 0.2) is 108 Å². The molecule has 394 valence electrons. The molecule has 20 heteroatoms. The number of nitrogens with two attached hydrogens (primary N) is 1. The lowest BCUT2D eigenvalue weighted by atomic mass is 9.98. The largest absolute Gasteiger partial charge is 0.493 e. The van der Waals surface area contributed by atoms with Gasteiger partial charge in [0.2, 0.25) is 18.6 Å². The van der Waals surface area contributed by atoms with Crippen LogP contribution in [0.4, 0.5) is 20.1 Å². The minimum absolute atomic E-state index is 0.0517. The SMILES string of the molecule is COc1cc2c(=O)n(CCN(C)C(=O)OCc3ccc(NC(=O)[C@H](CCCNC(N)=O)NC(=O)[C@@H](NC(=O)OCC4c5ccccc5-c5ccccc54)C(C)C)cc3)c3c4cc5c(cc4ncc3c2cc1OC)OCO5. The second kappa shape index (κ2) is 22.6. The lowest BCUT2D eigenvalue weighted by molar-refractivity contribution is -0.128. The van der Waals surface area contributed by atoms with Gasteiger partial charge in [-0.15, -0.1) is 0 Å². The van der Waals surface area contributed by atoms with Crippen LogP contribution in [0.25, 0.3) is 43.7 Å². The Morgan fingerprint density at radius 1 is 0.803 bits per heavy atom. The number of pyridine rings is 2. The lowest BCUT2D eigenvalue weighted by Gasteiger charge is -2.25. The fourth-order valence-corrected chi connectivity index (χ4v) is 9.66. The second-order valence-electron chi connectivity index (χ2n) is 18.8. The van der Waals surface area contributed by atoms with Crippen molar-refractivity contribution in [2.45, 2.75) is 57.8 Å². The zero-order valence-electron chi connectivity index (χ0n) is 42.6. The molecule has 7 aromatic rings. The smallest absolute Gasteiger partial charge is 0.409 e. The normalized spacial score (nSPS) is 13.1. The third-order valence-electron chi connectivity index (χ3n) is 13.6. The van der Waals surface area contributed by atoms with E-state index in [0.29, 0.717) is 66.8 Å². The molecule has 1 aliphatic heterocycles. The van der Waals surface area contributed by atoms with Crippen molar-refractivity contribution in [1.29, 1.82) is 0 Å². The number of hydrogen-bond donors (Lipinski definition) is 5. The number of aromatic nitrogens is 2. The first kappa shape index (κ1) is 51.8. The molecule has 0 unspecified atom stereocenters. The monoisotopic (exact) mass is 1030 g/mol. The van der Waals surface area contributed by atoms with Crippen LogP contribution in [0.3, 0.4) is 0 Å². The minimum Gasteiger partial charge on any atom is -0.493 e. The van der Waals surface area contributed by atoms with E-state index in [9.17, 15) is 28.8 Å². The van der Waals surface area contributed by atoms with Crippen molar-refractivity contribution >= 4 is 68.3 Å². The van der Waals surface area contributed by atoms with Gasteiger partial charge in [-0.3, -0.25) is 19.4 Å². The molecule has 0 saturated carbocycles. The number of amides is 6. The number of alkyl carbamates (subject to hydrolysis) is 1. The Kier molecular flexibility index (Phi) is 15.4. The van der Waals surface area contributed by atoms with E-state index in [-0.39, 0.29) is 64.0 Å². The molecule has 20 nitrogen and oxygen atoms in total. The number of likely N-dealkylation sites (N-methyl/N-ethyl adjacent to an activating group) is 1. The zero-order chi connectivity index (χ0) is 53.6. The summed E-state index contributed by atoms with van der Waals surface area (Å²) in [6.07, 6.45) is 0.672. The third-order valence-corrected chi connectivity index (χ3v) is 13.6. The Balaban J connectivity index is 0.825. The molecule has 3 heterocycles. The van der Waals surface area contributed by atoms with Crippen LogP contribution in [-0.2, 0) is 32.2 Å². The highest BCUT2D eigenvalue weighted by atomic mass is 16.7. The molecule has 9 rings (SSSR count). The fraction of sp³-hybridized carbons (Fsp3) is 0.304. The zero-order valence-corrected chi connectivity index (χ0v) is 42.6. The highest BCUT2D eigenvalue weighted by Crippen LogP contribution is 2.45. The van der Waals surface area contributed by atoms with Gasteiger partial charge < -0.3 is 64.9 Å². The molecule has 76 heavy (non-hydrogen) atoms. The molecule has 2 aromatic heterocycles. The molecule has 0 saturated heterocycles. The topological polar surface area (TPSA) is 253 Å². The van der Waals surface area contributed by atoms with Gasteiger partial charge in [0.15, 0.2) is 23.0 Å². The first-order valence-electron chi connectivity index (χ1n) is 24.8. The van der Waals surface area contributed by atoms with Crippen molar-refractivity contribution in [2.75, 3.05) is 53.1 Å². The first-order chi connectivity index (χ1) is 36.7. The van der Waals surface area contributed by atoms with Gasteiger partial charge in [-0.25, -0.2) is 14.4 Å². The molecular formula is C56H58N8O12. The average molecular weight is 1040 g/mol. The van der Waals surface area contributed by atoms with Crippen molar-refractivity contribution in [3.05, 3.63) is 130 Å². The number of urea groups is 1. The quantitative estimate of drug-likeness (QED) is 0.0399. The van der Waals surface area contributed by atoms with Crippen LogP contribution in [-0.4, -0.2) is 104 Å². The number of carbonyl (C=O) groups excluding carboxylic acids is 5. The maximum Gasteiger partial charge on any atom is 0.409 e. The summed E-state index contributed by atoms with van der Waals surface area (Å²) >= 11 is 0. The number of nitrogens with one attached hydrogen (secondary N) is 4. The molecule has 0 spiro atoms. The second-order valence-corrected chi connectivity index (χ2v) is 18.8. The molecule has 0 fully saturated rings. The summed E-state index contributed by atoms with van der Waals surface area (Å²) in [5, 5.41) is 13.1. The first-order valence-corrected chi connectivity index (χ1v) is 24.8. The van der Waals surface area contributed by atoms with E-state index in [1.165, 1.54) is 19.1 Å². The van der Waals surface area contributed by atoms with Gasteiger partial charge in [-0.05, 0) is 76.9 Å². The van der Waals surface area contributed by atoms with Crippen molar-refractivity contribution in [3.8, 4) is 34.1 Å². The summed E-state index contributed by atoms with van der Waals surface area (Å²) in [5.41, 5.74) is 11.4. The average Bonchev–Trinajstić information content (AvgIpc) is 4.06. The maximum atomic E-state index is 14.4. The third kappa shape index (κ3) is 10.9. The predicted octanol–water partition coefficient (Wildman–Crippen LogP) is 7.15. The number of nitrogens with zero attached hydrogens (tertiary/aromatic N) is 3. The molecule has 2 atom stereocenters. The van der Waals surface area contributed by atoms with Crippen LogP contribution in [0.1, 0.15) is 49.3 Å². The summed E-state index contributed by atoms with van der Waals surface area (Å²) in [6, 6.07) is 26.6. The van der Waals surface area contributed by atoms with Gasteiger partial charge in [-0.2, -0.15) is 0 Å². The van der Waals surface area contributed by atoms with Gasteiger partial charge in [-0.1, -0.05) is 74.5 Å². The summed E-state index contributed by atoms with van der Waals surface area (Å²) in [6.45, 7) is 3.85. The molecule has 2 aliphatic rings. The van der Waals surface area contributed by atoms with Crippen LogP contribution in [0.5, 0.6) is 23.0 Å². The van der Waals surface area contributed by atoms with Gasteiger partial charge in [0.1, 0.15) is 25.3 Å². The highest BCUT2D eigenvalue weighted by Gasteiger charge is 2.32. The van der Waals surface area contributed by atoms with Crippen LogP contribution in [0, 0.1) is 5.92 Å². The molecule has 0 bridgehead atoms. The number of hydrogen-bond acceptors (Lipinski definition) is 13. The van der Waals surface area contributed by atoms with Gasteiger partial charge in [0.05, 0.1) is 30.6 Å². The molecule has 6 amide bonds. The van der Waals surface area contributed by atoms with Crippen LogP contribution >= 0.6 is 0 Å². The predicted molar refractivity (Wildman–Crippen MR) is 284 cm³/mol. The van der Waals surface area contributed by atoms with Crippen LogP contribution < -0.4 is 51.5 Å².